The van der Waals surface area contributed by atoms with Gasteiger partial charge in [0.1, 0.15) is 0 Å². The molecule has 2 unspecified atom stereocenters. The minimum atomic E-state index is -0.896. The van der Waals surface area contributed by atoms with Gasteiger partial charge in [0.15, 0.2) is 0 Å². The molecular formula is C21H32O4. The smallest absolute Gasteiger partial charge is 0.331 e. The van der Waals surface area contributed by atoms with Gasteiger partial charge >= 0.3 is 5.97 Å². The molecule has 3 saturated carbocycles. The van der Waals surface area contributed by atoms with Crippen LogP contribution in [-0.4, -0.2) is 33.5 Å². The monoisotopic (exact) mass is 348 g/mol. The standard InChI is InChI=1S/C21H32O4/c1-11-9-21-10-12(11)5-6-14(21)20(4)8-7-13(18(24)25)19(2,3)16(20)15(22)17(21)23/h7,11-12,14-17,22-23H,5-6,8-10H2,1-4H3,(H,24,25)/t11-,12-,14-,15?,16+,17?,20-,21-/m1/s1. The van der Waals surface area contributed by atoms with Crippen LogP contribution in [0.4, 0.5) is 0 Å². The van der Waals surface area contributed by atoms with Crippen LogP contribution in [0.15, 0.2) is 11.6 Å². The molecule has 4 heteroatoms. The summed E-state index contributed by atoms with van der Waals surface area (Å²) in [4.78, 5) is 11.8. The van der Waals surface area contributed by atoms with Crippen molar-refractivity contribution < 1.29 is 20.1 Å². The maximum absolute atomic E-state index is 11.8. The van der Waals surface area contributed by atoms with E-state index >= 15 is 0 Å². The number of fused-ring (bicyclic) bond motifs is 3. The summed E-state index contributed by atoms with van der Waals surface area (Å²) in [6, 6.07) is 0. The van der Waals surface area contributed by atoms with Crippen LogP contribution in [0.1, 0.15) is 59.8 Å². The molecule has 4 rings (SSSR count). The van der Waals surface area contributed by atoms with E-state index in [2.05, 4.69) is 13.8 Å². The summed E-state index contributed by atoms with van der Waals surface area (Å²) in [5.74, 6) is 0.505. The highest BCUT2D eigenvalue weighted by atomic mass is 16.4. The van der Waals surface area contributed by atoms with E-state index in [0.717, 1.165) is 19.3 Å². The van der Waals surface area contributed by atoms with Crippen molar-refractivity contribution in [3.05, 3.63) is 11.6 Å². The van der Waals surface area contributed by atoms with Crippen molar-refractivity contribution in [2.75, 3.05) is 0 Å². The predicted octanol–water partition coefficient (Wildman–Crippen LogP) is 3.23. The number of carbonyl (C=O) groups is 1. The number of allylic oxidation sites excluding steroid dienone is 1. The summed E-state index contributed by atoms with van der Waals surface area (Å²) < 4.78 is 0. The van der Waals surface area contributed by atoms with E-state index in [0.29, 0.717) is 29.7 Å². The molecule has 0 radical (unpaired) electrons. The Labute approximate surface area is 150 Å². The summed E-state index contributed by atoms with van der Waals surface area (Å²) in [5, 5.41) is 32.2. The molecular weight excluding hydrogens is 316 g/mol. The Morgan fingerprint density at radius 3 is 2.48 bits per heavy atom. The molecule has 2 bridgehead atoms. The Morgan fingerprint density at radius 2 is 1.84 bits per heavy atom. The molecule has 3 fully saturated rings. The van der Waals surface area contributed by atoms with Gasteiger partial charge in [-0.3, -0.25) is 0 Å². The molecule has 0 aromatic heterocycles. The number of hydrogen-bond donors (Lipinski definition) is 3. The summed E-state index contributed by atoms with van der Waals surface area (Å²) in [6.07, 6.45) is 5.32. The Morgan fingerprint density at radius 1 is 1.16 bits per heavy atom. The van der Waals surface area contributed by atoms with Crippen molar-refractivity contribution in [3.8, 4) is 0 Å². The zero-order valence-electron chi connectivity index (χ0n) is 15.8. The zero-order chi connectivity index (χ0) is 18.4. The molecule has 0 amide bonds. The fourth-order valence-corrected chi connectivity index (χ4v) is 8.08. The van der Waals surface area contributed by atoms with Crippen LogP contribution in [0.5, 0.6) is 0 Å². The lowest BCUT2D eigenvalue weighted by Crippen LogP contribution is -2.67. The molecule has 140 valence electrons. The third-order valence-corrected chi connectivity index (χ3v) is 8.88. The van der Waals surface area contributed by atoms with Crippen molar-refractivity contribution >= 4 is 5.97 Å². The SMILES string of the molecule is C[C@@H]1C[C@@]23C[C@H]1CC[C@@H]2[C@@]1(C)CC=C(C(=O)O)C(C)(C)[C@@H]1C(O)C3O. The highest BCUT2D eigenvalue weighted by Gasteiger charge is 2.70. The first-order chi connectivity index (χ1) is 11.6. The second kappa shape index (κ2) is 5.10. The summed E-state index contributed by atoms with van der Waals surface area (Å²) in [7, 11) is 0. The average molecular weight is 348 g/mol. The van der Waals surface area contributed by atoms with Crippen LogP contribution in [-0.2, 0) is 4.79 Å². The van der Waals surface area contributed by atoms with Crippen LogP contribution in [0.3, 0.4) is 0 Å². The maximum atomic E-state index is 11.8. The van der Waals surface area contributed by atoms with Crippen molar-refractivity contribution in [2.24, 2.45) is 39.9 Å². The van der Waals surface area contributed by atoms with Crippen LogP contribution in [0.25, 0.3) is 0 Å². The van der Waals surface area contributed by atoms with Crippen molar-refractivity contribution in [3.63, 3.8) is 0 Å². The highest BCUT2D eigenvalue weighted by molar-refractivity contribution is 5.88. The number of aliphatic carboxylic acids is 1. The van der Waals surface area contributed by atoms with E-state index < -0.39 is 23.6 Å². The van der Waals surface area contributed by atoms with Gasteiger partial charge in [0.2, 0.25) is 0 Å². The lowest BCUT2D eigenvalue weighted by atomic mass is 9.40. The first-order valence-corrected chi connectivity index (χ1v) is 9.86. The van der Waals surface area contributed by atoms with Gasteiger partial charge in [0, 0.05) is 22.3 Å². The van der Waals surface area contributed by atoms with Gasteiger partial charge in [-0.05, 0) is 55.3 Å². The molecule has 0 aliphatic heterocycles. The molecule has 0 saturated heterocycles. The molecule has 1 spiro atoms. The molecule has 0 heterocycles. The summed E-state index contributed by atoms with van der Waals surface area (Å²) in [5.41, 5.74) is -0.596. The first kappa shape index (κ1) is 17.5. The lowest BCUT2D eigenvalue weighted by molar-refractivity contribution is -0.237. The lowest BCUT2D eigenvalue weighted by Gasteiger charge is -2.66. The molecule has 4 aliphatic carbocycles. The molecule has 8 atom stereocenters. The van der Waals surface area contributed by atoms with E-state index in [1.807, 2.05) is 19.9 Å². The van der Waals surface area contributed by atoms with Crippen molar-refractivity contribution in [2.45, 2.75) is 72.0 Å². The molecule has 4 aliphatic rings. The number of aliphatic hydroxyl groups is 2. The second-order valence-corrected chi connectivity index (χ2v) is 10.3. The second-order valence-electron chi connectivity index (χ2n) is 10.3. The van der Waals surface area contributed by atoms with Gasteiger partial charge in [-0.25, -0.2) is 4.79 Å². The van der Waals surface area contributed by atoms with E-state index in [1.165, 1.54) is 6.42 Å². The van der Waals surface area contributed by atoms with Gasteiger partial charge < -0.3 is 15.3 Å². The van der Waals surface area contributed by atoms with Crippen LogP contribution < -0.4 is 0 Å². The van der Waals surface area contributed by atoms with E-state index in [9.17, 15) is 20.1 Å². The fraction of sp³-hybridized carbons (Fsp3) is 0.857. The number of aliphatic hydroxyl groups excluding tert-OH is 2. The Bertz CT molecular complexity index is 634. The minimum Gasteiger partial charge on any atom is -0.478 e. The molecule has 0 aromatic carbocycles. The minimum absolute atomic E-state index is 0.157. The first-order valence-electron chi connectivity index (χ1n) is 9.86. The molecule has 4 nitrogen and oxygen atoms in total. The van der Waals surface area contributed by atoms with Gasteiger partial charge in [0.05, 0.1) is 12.2 Å². The number of carboxylic acids is 1. The van der Waals surface area contributed by atoms with Crippen LogP contribution in [0, 0.1) is 39.9 Å². The number of rotatable bonds is 1. The molecule has 3 N–H and O–H groups in total. The van der Waals surface area contributed by atoms with E-state index in [-0.39, 0.29) is 16.7 Å². The van der Waals surface area contributed by atoms with Gasteiger partial charge in [-0.1, -0.05) is 33.8 Å². The van der Waals surface area contributed by atoms with Gasteiger partial charge in [-0.15, -0.1) is 0 Å². The van der Waals surface area contributed by atoms with Crippen LogP contribution >= 0.6 is 0 Å². The van der Waals surface area contributed by atoms with E-state index in [1.54, 1.807) is 0 Å². The normalized spacial score (nSPS) is 53.6. The quantitative estimate of drug-likeness (QED) is 0.680. The fourth-order valence-electron chi connectivity index (χ4n) is 8.08. The van der Waals surface area contributed by atoms with E-state index in [4.69, 9.17) is 0 Å². The molecule has 25 heavy (non-hydrogen) atoms. The van der Waals surface area contributed by atoms with Crippen molar-refractivity contribution in [1.82, 2.24) is 0 Å². The van der Waals surface area contributed by atoms with Crippen molar-refractivity contribution in [1.29, 1.82) is 0 Å². The van der Waals surface area contributed by atoms with Crippen LogP contribution in [0.2, 0.25) is 0 Å². The Kier molecular flexibility index (Phi) is 3.58. The predicted molar refractivity (Wildman–Crippen MR) is 94.8 cm³/mol. The molecule has 0 aromatic rings. The number of hydrogen-bond acceptors (Lipinski definition) is 3. The highest BCUT2D eigenvalue weighted by Crippen LogP contribution is 2.72. The van der Waals surface area contributed by atoms with Gasteiger partial charge in [0.25, 0.3) is 0 Å². The Hall–Kier alpha value is -0.870. The third-order valence-electron chi connectivity index (χ3n) is 8.88. The number of carboxylic acid groups (broad SMARTS) is 1. The largest absolute Gasteiger partial charge is 0.478 e. The maximum Gasteiger partial charge on any atom is 0.331 e. The topological polar surface area (TPSA) is 77.8 Å². The third kappa shape index (κ3) is 1.98. The summed E-state index contributed by atoms with van der Waals surface area (Å²) >= 11 is 0. The zero-order valence-corrected chi connectivity index (χ0v) is 15.8. The summed E-state index contributed by atoms with van der Waals surface area (Å²) in [6.45, 7) is 8.42. The average Bonchev–Trinajstić information content (AvgIpc) is 2.75. The van der Waals surface area contributed by atoms with Gasteiger partial charge in [-0.2, -0.15) is 0 Å². The Balaban J connectivity index is 1.85.